The average Bonchev–Trinajstić information content (AvgIpc) is 2.83. The zero-order chi connectivity index (χ0) is 13.9. The predicted molar refractivity (Wildman–Crippen MR) is 77.1 cm³/mol. The maximum Gasteiger partial charge on any atom is 0.129 e. The fourth-order valence-corrected chi connectivity index (χ4v) is 2.08. The molecule has 2 rings (SSSR count). The molecule has 19 heavy (non-hydrogen) atoms. The summed E-state index contributed by atoms with van der Waals surface area (Å²) in [5.41, 5.74) is 2.50. The summed E-state index contributed by atoms with van der Waals surface area (Å²) in [6.45, 7) is 7.16. The molecule has 0 aliphatic rings. The van der Waals surface area contributed by atoms with Gasteiger partial charge in [-0.05, 0) is 29.2 Å². The molecule has 3 heteroatoms. The summed E-state index contributed by atoms with van der Waals surface area (Å²) in [6, 6.07) is 12.0. The molecule has 0 bridgehead atoms. The van der Waals surface area contributed by atoms with Gasteiger partial charge in [-0.3, -0.25) is 0 Å². The van der Waals surface area contributed by atoms with Crippen LogP contribution in [0, 0.1) is 0 Å². The molecule has 0 amide bonds. The molecule has 0 unspecified atom stereocenters. The van der Waals surface area contributed by atoms with Crippen LogP contribution in [0.1, 0.15) is 37.9 Å². The summed E-state index contributed by atoms with van der Waals surface area (Å²) in [7, 11) is 0. The lowest BCUT2D eigenvalue weighted by molar-refractivity contribution is 0.244. The van der Waals surface area contributed by atoms with Crippen molar-refractivity contribution in [3.63, 3.8) is 0 Å². The molecule has 0 aliphatic heterocycles. The van der Waals surface area contributed by atoms with Crippen molar-refractivity contribution in [3.05, 3.63) is 53.5 Å². The minimum absolute atomic E-state index is 0.0570. The van der Waals surface area contributed by atoms with Crippen LogP contribution >= 0.6 is 0 Å². The van der Waals surface area contributed by atoms with Gasteiger partial charge in [0.1, 0.15) is 18.1 Å². The Kier molecular flexibility index (Phi) is 3.96. The van der Waals surface area contributed by atoms with Crippen LogP contribution in [0.25, 0.3) is 0 Å². The van der Waals surface area contributed by atoms with Crippen LogP contribution in [0.15, 0.2) is 40.8 Å². The van der Waals surface area contributed by atoms with E-state index in [1.807, 2.05) is 12.1 Å². The number of para-hydroxylation sites is 1. The van der Waals surface area contributed by atoms with Crippen LogP contribution in [-0.2, 0) is 18.6 Å². The molecular weight excluding hydrogens is 238 g/mol. The molecule has 2 N–H and O–H groups in total. The summed E-state index contributed by atoms with van der Waals surface area (Å²) in [5, 5.41) is 12.4. The Hall–Kier alpha value is -1.74. The fraction of sp³-hybridized carbons (Fsp3) is 0.375. The van der Waals surface area contributed by atoms with Gasteiger partial charge in [-0.25, -0.2) is 0 Å². The van der Waals surface area contributed by atoms with Crippen LogP contribution in [-0.4, -0.2) is 5.11 Å². The third-order valence-corrected chi connectivity index (χ3v) is 3.06. The Morgan fingerprint density at radius 2 is 1.74 bits per heavy atom. The molecule has 0 saturated carbocycles. The number of anilines is 1. The quantitative estimate of drug-likeness (QED) is 0.880. The summed E-state index contributed by atoms with van der Waals surface area (Å²) in [6.07, 6.45) is 0. The van der Waals surface area contributed by atoms with Crippen molar-refractivity contribution in [2.24, 2.45) is 0 Å². The molecule has 0 spiro atoms. The van der Waals surface area contributed by atoms with Gasteiger partial charge >= 0.3 is 0 Å². The standard InChI is InChI=1S/C16H21NO2/c1-16(2,3)14-6-4-5-7-15(14)17-10-12-8-9-13(11-18)19-12/h4-9,17-18H,10-11H2,1-3H3. The van der Waals surface area contributed by atoms with Crippen molar-refractivity contribution in [1.82, 2.24) is 0 Å². The van der Waals surface area contributed by atoms with E-state index in [1.54, 1.807) is 6.07 Å². The van der Waals surface area contributed by atoms with Gasteiger partial charge in [-0.2, -0.15) is 0 Å². The molecule has 1 heterocycles. The lowest BCUT2D eigenvalue weighted by Crippen LogP contribution is -2.14. The van der Waals surface area contributed by atoms with Crippen molar-refractivity contribution in [3.8, 4) is 0 Å². The minimum Gasteiger partial charge on any atom is -0.462 e. The summed E-state index contributed by atoms with van der Waals surface area (Å²) in [5.74, 6) is 1.42. The number of hydrogen-bond donors (Lipinski definition) is 2. The third-order valence-electron chi connectivity index (χ3n) is 3.06. The first-order valence-electron chi connectivity index (χ1n) is 6.52. The maximum atomic E-state index is 8.97. The van der Waals surface area contributed by atoms with Crippen molar-refractivity contribution in [2.45, 2.75) is 39.3 Å². The normalized spacial score (nSPS) is 11.6. The molecule has 1 aromatic carbocycles. The molecule has 1 aromatic heterocycles. The SMILES string of the molecule is CC(C)(C)c1ccccc1NCc1ccc(CO)o1. The summed E-state index contributed by atoms with van der Waals surface area (Å²) < 4.78 is 5.47. The average molecular weight is 259 g/mol. The van der Waals surface area contributed by atoms with Crippen LogP contribution < -0.4 is 5.32 Å². The largest absolute Gasteiger partial charge is 0.462 e. The first kappa shape index (κ1) is 13.7. The molecule has 3 nitrogen and oxygen atoms in total. The highest BCUT2D eigenvalue weighted by atomic mass is 16.4. The van der Waals surface area contributed by atoms with Crippen molar-refractivity contribution >= 4 is 5.69 Å². The molecule has 0 saturated heterocycles. The predicted octanol–water partition coefficient (Wildman–Crippen LogP) is 3.68. The van der Waals surface area contributed by atoms with E-state index in [-0.39, 0.29) is 12.0 Å². The van der Waals surface area contributed by atoms with Gasteiger partial charge in [0.05, 0.1) is 6.54 Å². The second-order valence-electron chi connectivity index (χ2n) is 5.68. The Morgan fingerprint density at radius 3 is 2.37 bits per heavy atom. The smallest absolute Gasteiger partial charge is 0.129 e. The van der Waals surface area contributed by atoms with Gasteiger partial charge in [0.25, 0.3) is 0 Å². The van der Waals surface area contributed by atoms with E-state index in [0.29, 0.717) is 12.3 Å². The second kappa shape index (κ2) is 5.49. The van der Waals surface area contributed by atoms with E-state index in [0.717, 1.165) is 11.4 Å². The fourth-order valence-electron chi connectivity index (χ4n) is 2.08. The van der Waals surface area contributed by atoms with E-state index in [1.165, 1.54) is 5.56 Å². The molecule has 2 aromatic rings. The number of benzene rings is 1. The molecule has 0 fully saturated rings. The molecule has 0 atom stereocenters. The summed E-state index contributed by atoms with van der Waals surface area (Å²) >= 11 is 0. The minimum atomic E-state index is -0.0570. The topological polar surface area (TPSA) is 45.4 Å². The van der Waals surface area contributed by atoms with E-state index in [2.05, 4.69) is 44.3 Å². The van der Waals surface area contributed by atoms with Gasteiger partial charge in [0, 0.05) is 5.69 Å². The van der Waals surface area contributed by atoms with Crippen molar-refractivity contribution < 1.29 is 9.52 Å². The Bertz CT molecular complexity index is 538. The highest BCUT2D eigenvalue weighted by Crippen LogP contribution is 2.29. The van der Waals surface area contributed by atoms with E-state index < -0.39 is 0 Å². The van der Waals surface area contributed by atoms with Crippen LogP contribution in [0.2, 0.25) is 0 Å². The van der Waals surface area contributed by atoms with Gasteiger partial charge in [-0.1, -0.05) is 39.0 Å². The van der Waals surface area contributed by atoms with Crippen LogP contribution in [0.3, 0.4) is 0 Å². The second-order valence-corrected chi connectivity index (χ2v) is 5.68. The molecule has 0 radical (unpaired) electrons. The number of hydrogen-bond acceptors (Lipinski definition) is 3. The lowest BCUT2D eigenvalue weighted by atomic mass is 9.86. The molecule has 0 aliphatic carbocycles. The first-order chi connectivity index (χ1) is 9.00. The van der Waals surface area contributed by atoms with Gasteiger partial charge < -0.3 is 14.8 Å². The number of nitrogens with one attached hydrogen (secondary N) is 1. The zero-order valence-corrected chi connectivity index (χ0v) is 11.7. The number of furan rings is 1. The van der Waals surface area contributed by atoms with E-state index in [4.69, 9.17) is 9.52 Å². The van der Waals surface area contributed by atoms with Gasteiger partial charge in [-0.15, -0.1) is 0 Å². The number of aliphatic hydroxyl groups excluding tert-OH is 1. The van der Waals surface area contributed by atoms with Gasteiger partial charge in [0.2, 0.25) is 0 Å². The highest BCUT2D eigenvalue weighted by Gasteiger charge is 2.17. The van der Waals surface area contributed by atoms with E-state index in [9.17, 15) is 0 Å². The first-order valence-corrected chi connectivity index (χ1v) is 6.52. The Morgan fingerprint density at radius 1 is 1.05 bits per heavy atom. The van der Waals surface area contributed by atoms with Crippen LogP contribution in [0.5, 0.6) is 0 Å². The zero-order valence-electron chi connectivity index (χ0n) is 11.7. The van der Waals surface area contributed by atoms with Crippen molar-refractivity contribution in [1.29, 1.82) is 0 Å². The summed E-state index contributed by atoms with van der Waals surface area (Å²) in [4.78, 5) is 0. The Labute approximate surface area is 114 Å². The van der Waals surface area contributed by atoms with Crippen molar-refractivity contribution in [2.75, 3.05) is 5.32 Å². The Balaban J connectivity index is 2.11. The maximum absolute atomic E-state index is 8.97. The van der Waals surface area contributed by atoms with Crippen LogP contribution in [0.4, 0.5) is 5.69 Å². The monoisotopic (exact) mass is 259 g/mol. The molecular formula is C16H21NO2. The van der Waals surface area contributed by atoms with Gasteiger partial charge in [0.15, 0.2) is 0 Å². The number of aliphatic hydroxyl groups is 1. The molecule has 102 valence electrons. The van der Waals surface area contributed by atoms with E-state index >= 15 is 0 Å². The highest BCUT2D eigenvalue weighted by molar-refractivity contribution is 5.54. The number of rotatable bonds is 4. The lowest BCUT2D eigenvalue weighted by Gasteiger charge is -2.23. The third kappa shape index (κ3) is 3.38.